The summed E-state index contributed by atoms with van der Waals surface area (Å²) in [5.41, 5.74) is -13.4. The lowest BCUT2D eigenvalue weighted by molar-refractivity contribution is -0.685. The summed E-state index contributed by atoms with van der Waals surface area (Å²) in [6, 6.07) is 15.8. The maximum atomic E-state index is 15.4. The zero-order valence-corrected chi connectivity index (χ0v) is 31.0. The summed E-state index contributed by atoms with van der Waals surface area (Å²) in [6.07, 6.45) is -5.74. The Morgan fingerprint density at radius 2 is 0.677 bits per heavy atom. The number of pyridine rings is 1. The zero-order chi connectivity index (χ0) is 48.7. The van der Waals surface area contributed by atoms with Crippen molar-refractivity contribution in [3.05, 3.63) is 182 Å². The van der Waals surface area contributed by atoms with Crippen LogP contribution in [0.15, 0.2) is 54.7 Å². The zero-order valence-electron chi connectivity index (χ0n) is 31.0. The van der Waals surface area contributed by atoms with Crippen LogP contribution in [0.3, 0.4) is 0 Å². The van der Waals surface area contributed by atoms with Crippen LogP contribution in [0.4, 0.5) is 87.8 Å². The third-order valence-corrected chi connectivity index (χ3v) is 9.58. The number of carbonyl (C=O) groups is 2. The van der Waals surface area contributed by atoms with Gasteiger partial charge in [0.15, 0.2) is 76.0 Å². The molecule has 0 spiro atoms. The van der Waals surface area contributed by atoms with E-state index in [0.29, 0.717) is 11.3 Å². The molecule has 338 valence electrons. The second-order valence-electron chi connectivity index (χ2n) is 13.1. The topological polar surface area (TPSA) is 61.8 Å². The Morgan fingerprint density at radius 3 is 0.969 bits per heavy atom. The van der Waals surface area contributed by atoms with Gasteiger partial charge < -0.3 is 0 Å². The van der Waals surface area contributed by atoms with E-state index in [1.807, 2.05) is 12.1 Å². The van der Waals surface area contributed by atoms with Crippen LogP contribution in [-0.4, -0.2) is 17.7 Å². The van der Waals surface area contributed by atoms with Crippen LogP contribution < -0.4 is 26.4 Å². The quantitative estimate of drug-likeness (QED) is 0.0372. The van der Waals surface area contributed by atoms with E-state index in [1.165, 1.54) is 0 Å². The van der Waals surface area contributed by atoms with Gasteiger partial charge in [0.25, 0.3) is 0 Å². The Labute approximate surface area is 348 Å². The Morgan fingerprint density at radius 1 is 0.400 bits per heavy atom. The number of halogens is 20. The average Bonchev–Trinajstić information content (AvgIpc) is 3.29. The Balaban J connectivity index is 0.000000330. The van der Waals surface area contributed by atoms with Crippen molar-refractivity contribution < 1.29 is 102 Å². The van der Waals surface area contributed by atoms with E-state index >= 15 is 35.1 Å². The highest BCUT2D eigenvalue weighted by Gasteiger charge is 2.52. The molecule has 6 rings (SSSR count). The summed E-state index contributed by atoms with van der Waals surface area (Å²) in [4.78, 5) is 24.0. The molecule has 0 aliphatic carbocycles. The molecule has 0 saturated carbocycles. The summed E-state index contributed by atoms with van der Waals surface area (Å²) in [7, 11) is 0. The first-order chi connectivity index (χ1) is 30.4. The molecular weight excluding hydrogens is 931 g/mol. The van der Waals surface area contributed by atoms with Crippen molar-refractivity contribution in [1.29, 1.82) is 5.26 Å². The van der Waals surface area contributed by atoms with Crippen molar-refractivity contribution >= 4 is 39.6 Å². The van der Waals surface area contributed by atoms with Gasteiger partial charge in [-0.3, -0.25) is 9.59 Å². The summed E-state index contributed by atoms with van der Waals surface area (Å²) in [6.45, 7) is 0.0807. The number of aromatic nitrogens is 1. The molecule has 1 heterocycles. The minimum Gasteiger partial charge on any atom is -0.287 e. The van der Waals surface area contributed by atoms with Gasteiger partial charge in [-0.1, -0.05) is 30.3 Å². The molecule has 6 aromatic rings. The number of hydrogen-bond donors (Lipinski definition) is 0. The minimum atomic E-state index is -7.22. The van der Waals surface area contributed by atoms with Gasteiger partial charge in [0, 0.05) is 17.7 Å². The van der Waals surface area contributed by atoms with Crippen molar-refractivity contribution in [2.45, 2.75) is 13.0 Å². The number of hydrogen-bond acceptors (Lipinski definition) is 3. The highest BCUT2D eigenvalue weighted by atomic mass is 19.2. The maximum absolute atomic E-state index is 15.4. The Bertz CT molecular complexity index is 2620. The molecule has 25 heteroatoms. The monoisotopic (exact) mass is 944 g/mol. The number of nitriles is 1. The third-order valence-electron chi connectivity index (χ3n) is 9.58. The first kappa shape index (κ1) is 48.8. The third kappa shape index (κ3) is 7.90. The molecule has 0 fully saturated rings. The van der Waals surface area contributed by atoms with E-state index in [2.05, 4.69) is 0 Å². The molecule has 1 aromatic heterocycles. The van der Waals surface area contributed by atoms with E-state index in [4.69, 9.17) is 5.26 Å². The predicted octanol–water partition coefficient (Wildman–Crippen LogP) is 7.80. The number of nitrogens with zero attached hydrogens (tertiary/aromatic N) is 2. The maximum Gasteiger partial charge on any atom is 0.250 e. The van der Waals surface area contributed by atoms with E-state index in [-0.39, 0.29) is 24.5 Å². The fraction of sp³-hybridized carbons (Fsp3) is 0.0500. The molecule has 4 nitrogen and oxygen atoms in total. The van der Waals surface area contributed by atoms with Crippen molar-refractivity contribution in [3.63, 3.8) is 0 Å². The fourth-order valence-electron chi connectivity index (χ4n) is 6.77. The molecule has 0 atom stereocenters. The number of Topliss-reactive ketones (excluding diaryl/α,β-unsaturated/α-hetero) is 2. The Hall–Kier alpha value is -7.26. The summed E-state index contributed by atoms with van der Waals surface area (Å²) < 4.78 is 296. The highest BCUT2D eigenvalue weighted by Crippen LogP contribution is 2.30. The standard InChI is InChI=1S/C24BF20.C16H13N2O2/c26-5-1(6(27)14(35)21(42)13(5)34)25(2-7(28)15(36)22(43)16(37)8(2)29,3-9(30)17(38)23(44)18(39)10(3)31)4-11(32)19(40)24(45)20(41)12(4)33;17-10-9-15(19)14-8-4-5-11-18(14)12-16(20)13-6-2-1-3-7-13/h;1-8,11H,9,12H2/q-1;+1. The van der Waals surface area contributed by atoms with Crippen LogP contribution in [0.2, 0.25) is 0 Å². The van der Waals surface area contributed by atoms with Crippen LogP contribution in [0, 0.1) is 128 Å². The molecule has 0 aliphatic heterocycles. The first-order valence-electron chi connectivity index (χ1n) is 17.1. The van der Waals surface area contributed by atoms with Crippen molar-refractivity contribution in [2.24, 2.45) is 0 Å². The minimum absolute atomic E-state index is 0.0761. The van der Waals surface area contributed by atoms with Gasteiger partial charge >= 0.3 is 0 Å². The number of ketones is 2. The lowest BCUT2D eigenvalue weighted by atomic mass is 9.12. The SMILES string of the molecule is Fc1c(F)c(F)c([B-](c2c(F)c(F)c(F)c(F)c2F)(c2c(F)c(F)c(F)c(F)c2F)c2c(F)c(F)c(F)c(F)c2F)c(F)c1F.N#CCC(=O)c1cccc[n+]1CC(=O)c1ccccc1. The number of benzene rings is 5. The summed E-state index contributed by atoms with van der Waals surface area (Å²) in [5.74, 6) is -71.8. The largest absolute Gasteiger partial charge is 0.287 e. The summed E-state index contributed by atoms with van der Waals surface area (Å²) >= 11 is 0. The van der Waals surface area contributed by atoms with Gasteiger partial charge in [-0.05, 0) is 6.07 Å². The van der Waals surface area contributed by atoms with E-state index in [1.54, 1.807) is 53.2 Å². The molecule has 0 amide bonds. The van der Waals surface area contributed by atoms with E-state index < -0.39 is 144 Å². The lowest BCUT2D eigenvalue weighted by Crippen LogP contribution is -2.81. The predicted molar refractivity (Wildman–Crippen MR) is 181 cm³/mol. The second kappa shape index (κ2) is 18.5. The number of rotatable bonds is 9. The van der Waals surface area contributed by atoms with Crippen molar-refractivity contribution in [2.75, 3.05) is 0 Å². The molecule has 0 saturated heterocycles. The highest BCUT2D eigenvalue weighted by molar-refractivity contribution is 7.20. The average molecular weight is 944 g/mol. The van der Waals surface area contributed by atoms with Gasteiger partial charge in [-0.25, -0.2) is 87.8 Å². The normalized spacial score (nSPS) is 11.3. The molecule has 0 N–H and O–H groups in total. The van der Waals surface area contributed by atoms with E-state index in [0.717, 1.165) is 0 Å². The van der Waals surface area contributed by atoms with E-state index in [9.17, 15) is 62.3 Å². The van der Waals surface area contributed by atoms with Crippen LogP contribution in [0.1, 0.15) is 27.3 Å². The molecule has 0 bridgehead atoms. The summed E-state index contributed by atoms with van der Waals surface area (Å²) in [5, 5.41) is 8.60. The molecule has 65 heavy (non-hydrogen) atoms. The smallest absolute Gasteiger partial charge is 0.250 e. The lowest BCUT2D eigenvalue weighted by Gasteiger charge is -2.44. The van der Waals surface area contributed by atoms with Gasteiger partial charge in [0.2, 0.25) is 23.8 Å². The van der Waals surface area contributed by atoms with Crippen molar-refractivity contribution in [3.8, 4) is 6.07 Å². The van der Waals surface area contributed by atoms with Crippen LogP contribution in [0.25, 0.3) is 0 Å². The molecule has 0 aliphatic rings. The molecule has 0 radical (unpaired) electrons. The fourth-order valence-corrected chi connectivity index (χ4v) is 6.77. The van der Waals surface area contributed by atoms with Crippen molar-refractivity contribution in [1.82, 2.24) is 0 Å². The first-order valence-corrected chi connectivity index (χ1v) is 17.1. The van der Waals surface area contributed by atoms with Crippen LogP contribution in [-0.2, 0) is 6.54 Å². The van der Waals surface area contributed by atoms with Crippen LogP contribution in [0.5, 0.6) is 0 Å². The van der Waals surface area contributed by atoms with Gasteiger partial charge in [0.1, 0.15) is 59.1 Å². The second-order valence-corrected chi connectivity index (χ2v) is 13.1. The molecule has 0 unspecified atom stereocenters. The van der Waals surface area contributed by atoms with Gasteiger partial charge in [-0.2, -0.15) is 9.83 Å². The molecule has 5 aromatic carbocycles. The van der Waals surface area contributed by atoms with Crippen LogP contribution >= 0.6 is 0 Å². The molecular formula is C40H13BF20N2O2. The van der Waals surface area contributed by atoms with Gasteiger partial charge in [0.05, 0.1) is 6.07 Å². The Kier molecular flexibility index (Phi) is 13.8. The van der Waals surface area contributed by atoms with Gasteiger partial charge in [-0.15, -0.1) is 21.9 Å². The number of carbonyl (C=O) groups excluding carboxylic acids is 2.